The van der Waals surface area contributed by atoms with Gasteiger partial charge in [-0.25, -0.2) is 14.4 Å². The van der Waals surface area contributed by atoms with Crippen LogP contribution in [0.4, 0.5) is 28.4 Å². The van der Waals surface area contributed by atoms with Crippen LogP contribution in [0.15, 0.2) is 98.1 Å². The molecule has 0 radical (unpaired) electrons. The normalized spacial score (nSPS) is 11.9. The third-order valence-electron chi connectivity index (χ3n) is 6.51. The van der Waals surface area contributed by atoms with E-state index in [4.69, 9.17) is 5.73 Å². The summed E-state index contributed by atoms with van der Waals surface area (Å²) in [5.41, 5.74) is 4.68. The fourth-order valence-corrected chi connectivity index (χ4v) is 5.07. The number of nitrogens with zero attached hydrogens (tertiary/aromatic N) is 4. The highest BCUT2D eigenvalue weighted by Crippen LogP contribution is 2.43. The molecule has 0 heterocycles. The Kier molecular flexibility index (Phi) is 7.68. The number of aromatic carboxylic acids is 3. The van der Waals surface area contributed by atoms with Gasteiger partial charge in [-0.2, -0.15) is 13.5 Å². The van der Waals surface area contributed by atoms with Crippen LogP contribution in [-0.2, 0) is 10.1 Å². The number of anilines is 1. The minimum atomic E-state index is -4.90. The molecule has 226 valence electrons. The smallest absolute Gasteiger partial charge is 0.335 e. The molecule has 45 heavy (non-hydrogen) atoms. The van der Waals surface area contributed by atoms with Crippen molar-refractivity contribution in [1.29, 1.82) is 0 Å². The van der Waals surface area contributed by atoms with Gasteiger partial charge in [0.1, 0.15) is 10.6 Å². The third-order valence-corrected chi connectivity index (χ3v) is 7.38. The Bertz CT molecular complexity index is 2230. The average Bonchev–Trinajstić information content (AvgIpc) is 2.99. The van der Waals surface area contributed by atoms with Gasteiger partial charge < -0.3 is 26.2 Å². The van der Waals surface area contributed by atoms with Crippen molar-refractivity contribution in [2.75, 3.05) is 5.73 Å². The summed E-state index contributed by atoms with van der Waals surface area (Å²) in [6.45, 7) is 0. The summed E-state index contributed by atoms with van der Waals surface area (Å²) < 4.78 is 34.2. The molecule has 0 aliphatic rings. The molecule has 5 rings (SSSR count). The lowest BCUT2D eigenvalue weighted by Crippen LogP contribution is -2.01. The largest absolute Gasteiger partial charge is 0.505 e. The van der Waals surface area contributed by atoms with Crippen LogP contribution in [0.2, 0.25) is 0 Å². The maximum Gasteiger partial charge on any atom is 0.335 e. The number of benzene rings is 5. The summed E-state index contributed by atoms with van der Waals surface area (Å²) >= 11 is 0. The van der Waals surface area contributed by atoms with Crippen LogP contribution in [-0.4, -0.2) is 51.3 Å². The molecule has 0 aliphatic heterocycles. The minimum Gasteiger partial charge on any atom is -0.505 e. The second-order valence-corrected chi connectivity index (χ2v) is 10.9. The molecule has 0 aromatic heterocycles. The van der Waals surface area contributed by atoms with Crippen molar-refractivity contribution in [3.8, 4) is 5.75 Å². The Morgan fingerprint density at radius 3 is 1.82 bits per heavy atom. The predicted octanol–water partition coefficient (Wildman–Crippen LogP) is 6.45. The zero-order valence-corrected chi connectivity index (χ0v) is 23.3. The van der Waals surface area contributed by atoms with E-state index in [9.17, 15) is 47.8 Å². The van der Waals surface area contributed by atoms with E-state index in [0.29, 0.717) is 0 Å². The Morgan fingerprint density at radius 1 is 0.622 bits per heavy atom. The summed E-state index contributed by atoms with van der Waals surface area (Å²) in [5.74, 6) is -4.68. The van der Waals surface area contributed by atoms with Crippen molar-refractivity contribution >= 4 is 78.0 Å². The standard InChI is InChI=1S/C29H19N5O10S/c30-17-3-1-13-11-24(45(42,43)44)25(26(35)20(13)12-17)34-33-23-6-5-22(19-4-2-14(27(36)37)10-21(19)23)32-31-18-8-15(28(38)39)7-16(9-18)29(40)41/h1-12,35H,30H2,(H,36,37)(H,38,39)(H,40,41)(H,42,43,44). The van der Waals surface area contributed by atoms with Crippen molar-refractivity contribution in [1.82, 2.24) is 0 Å². The molecule has 15 nitrogen and oxygen atoms in total. The molecule has 0 saturated heterocycles. The maximum atomic E-state index is 12.2. The van der Waals surface area contributed by atoms with E-state index in [2.05, 4.69) is 20.5 Å². The average molecular weight is 630 g/mol. The number of fused-ring (bicyclic) bond motifs is 2. The van der Waals surface area contributed by atoms with Crippen LogP contribution >= 0.6 is 0 Å². The first kappa shape index (κ1) is 30.2. The second-order valence-electron chi connectivity index (χ2n) is 9.48. The number of carboxylic acid groups (broad SMARTS) is 3. The first-order valence-corrected chi connectivity index (χ1v) is 13.9. The summed E-state index contributed by atoms with van der Waals surface area (Å²) in [6.07, 6.45) is 0. The number of rotatable bonds is 8. The van der Waals surface area contributed by atoms with Gasteiger partial charge in [-0.15, -0.1) is 15.3 Å². The second kappa shape index (κ2) is 11.4. The van der Waals surface area contributed by atoms with Gasteiger partial charge in [0.05, 0.1) is 33.8 Å². The highest BCUT2D eigenvalue weighted by Gasteiger charge is 2.22. The van der Waals surface area contributed by atoms with Crippen molar-refractivity contribution < 1.29 is 47.8 Å². The molecule has 7 N–H and O–H groups in total. The van der Waals surface area contributed by atoms with E-state index >= 15 is 0 Å². The number of azo groups is 2. The molecule has 16 heteroatoms. The van der Waals surface area contributed by atoms with Crippen LogP contribution in [0.5, 0.6) is 5.75 Å². The van der Waals surface area contributed by atoms with Crippen LogP contribution in [0.1, 0.15) is 31.1 Å². The van der Waals surface area contributed by atoms with Crippen molar-refractivity contribution in [3.63, 3.8) is 0 Å². The molecule has 0 aliphatic carbocycles. The van der Waals surface area contributed by atoms with Gasteiger partial charge in [0.15, 0.2) is 5.75 Å². The van der Waals surface area contributed by atoms with Gasteiger partial charge >= 0.3 is 17.9 Å². The van der Waals surface area contributed by atoms with E-state index in [1.54, 1.807) is 0 Å². The minimum absolute atomic E-state index is 0.00134. The number of carboxylic acids is 3. The number of hydrogen-bond acceptors (Lipinski definition) is 11. The zero-order chi connectivity index (χ0) is 32.6. The van der Waals surface area contributed by atoms with Crippen LogP contribution in [0.25, 0.3) is 21.5 Å². The Morgan fingerprint density at radius 2 is 1.22 bits per heavy atom. The van der Waals surface area contributed by atoms with Crippen LogP contribution < -0.4 is 5.73 Å². The number of carbonyl (C=O) groups is 3. The molecule has 0 fully saturated rings. The monoisotopic (exact) mass is 629 g/mol. The van der Waals surface area contributed by atoms with E-state index in [1.165, 1.54) is 48.5 Å². The summed E-state index contributed by atoms with van der Waals surface area (Å²) in [7, 11) is -4.90. The molecular weight excluding hydrogens is 610 g/mol. The van der Waals surface area contributed by atoms with Crippen LogP contribution in [0.3, 0.4) is 0 Å². The highest BCUT2D eigenvalue weighted by atomic mass is 32.2. The molecule has 0 unspecified atom stereocenters. The number of phenols is 1. The summed E-state index contributed by atoms with van der Waals surface area (Å²) in [5, 5.41) is 55.9. The molecular formula is C29H19N5O10S. The van der Waals surface area contributed by atoms with Gasteiger partial charge in [-0.1, -0.05) is 12.1 Å². The van der Waals surface area contributed by atoms with E-state index in [1.807, 2.05) is 0 Å². The van der Waals surface area contributed by atoms with Gasteiger partial charge in [-0.05, 0) is 66.0 Å². The molecule has 0 atom stereocenters. The molecule has 0 saturated carbocycles. The predicted molar refractivity (Wildman–Crippen MR) is 159 cm³/mol. The van der Waals surface area contributed by atoms with E-state index < -0.39 is 44.4 Å². The van der Waals surface area contributed by atoms with Crippen molar-refractivity contribution in [3.05, 3.63) is 89.5 Å². The summed E-state index contributed by atoms with van der Waals surface area (Å²) in [4.78, 5) is 33.9. The Labute approximate surface area is 252 Å². The molecule has 0 bridgehead atoms. The topological polar surface area (TPSA) is 262 Å². The van der Waals surface area contributed by atoms with Gasteiger partial charge in [0, 0.05) is 21.8 Å². The molecule has 5 aromatic carbocycles. The van der Waals surface area contributed by atoms with Crippen molar-refractivity contribution in [2.45, 2.75) is 4.90 Å². The lowest BCUT2D eigenvalue weighted by Gasteiger charge is -2.10. The maximum absolute atomic E-state index is 12.2. The third kappa shape index (κ3) is 6.12. The van der Waals surface area contributed by atoms with E-state index in [0.717, 1.165) is 24.3 Å². The van der Waals surface area contributed by atoms with Gasteiger partial charge in [-0.3, -0.25) is 4.55 Å². The molecule has 5 aromatic rings. The van der Waals surface area contributed by atoms with Crippen molar-refractivity contribution in [2.24, 2.45) is 20.5 Å². The first-order chi connectivity index (χ1) is 21.2. The Hall–Kier alpha value is -6.26. The SMILES string of the molecule is Nc1ccc2cc(S(=O)(=O)O)c(N=Nc3ccc(N=Nc4cc(C(=O)O)cc(C(=O)O)c4)c4ccc(C(=O)O)cc34)c(O)c2c1. The quantitative estimate of drug-likeness (QED) is 0.0616. The highest BCUT2D eigenvalue weighted by molar-refractivity contribution is 7.86. The summed E-state index contributed by atoms with van der Waals surface area (Å²) in [6, 6.07) is 15.2. The molecule has 0 spiro atoms. The number of nitrogen functional groups attached to an aromatic ring is 1. The fourth-order valence-electron chi connectivity index (χ4n) is 4.41. The fraction of sp³-hybridized carbons (Fsp3) is 0. The zero-order valence-electron chi connectivity index (χ0n) is 22.5. The number of nitrogens with two attached hydrogens (primary N) is 1. The number of hydrogen-bond donors (Lipinski definition) is 6. The van der Waals surface area contributed by atoms with E-state index in [-0.39, 0.29) is 61.0 Å². The lowest BCUT2D eigenvalue weighted by molar-refractivity contribution is 0.0682. The number of phenolic OH excluding ortho intramolecular Hbond substituents is 1. The molecule has 0 amide bonds. The first-order valence-electron chi connectivity index (χ1n) is 12.5. The Balaban J connectivity index is 1.66. The van der Waals surface area contributed by atoms with Gasteiger partial charge in [0.2, 0.25) is 0 Å². The number of aromatic hydroxyl groups is 1. The lowest BCUT2D eigenvalue weighted by atomic mass is 10.0. The van der Waals surface area contributed by atoms with Crippen LogP contribution in [0, 0.1) is 0 Å². The van der Waals surface area contributed by atoms with Gasteiger partial charge in [0.25, 0.3) is 10.1 Å².